The molecule has 1 aromatic carbocycles. The van der Waals surface area contributed by atoms with Gasteiger partial charge in [0.1, 0.15) is 16.5 Å². The van der Waals surface area contributed by atoms with Crippen LogP contribution < -0.4 is 5.32 Å². The number of anilines is 1. The van der Waals surface area contributed by atoms with Gasteiger partial charge in [0.2, 0.25) is 0 Å². The van der Waals surface area contributed by atoms with Gasteiger partial charge in [-0.05, 0) is 29.6 Å². The third kappa shape index (κ3) is 3.20. The van der Waals surface area contributed by atoms with Crippen molar-refractivity contribution >= 4 is 50.2 Å². The summed E-state index contributed by atoms with van der Waals surface area (Å²) in [6, 6.07) is 6.41. The Bertz CT molecular complexity index is 786. The number of carbonyl (C=O) groups is 1. The average molecular weight is 383 g/mol. The fourth-order valence-electron chi connectivity index (χ4n) is 1.67. The predicted molar refractivity (Wildman–Crippen MR) is 87.5 cm³/mol. The second-order valence-electron chi connectivity index (χ2n) is 4.13. The number of amides is 1. The summed E-state index contributed by atoms with van der Waals surface area (Å²) >= 11 is 6.13. The van der Waals surface area contributed by atoms with Gasteiger partial charge in [0, 0.05) is 20.8 Å². The number of nitrogens with zero attached hydrogens (tertiary/aromatic N) is 1. The average Bonchev–Trinajstić information content (AvgIpc) is 3.10. The van der Waals surface area contributed by atoms with Crippen LogP contribution in [0.4, 0.5) is 10.1 Å². The summed E-state index contributed by atoms with van der Waals surface area (Å²) in [5.74, 6) is -0.917. The van der Waals surface area contributed by atoms with Gasteiger partial charge < -0.3 is 5.32 Å². The van der Waals surface area contributed by atoms with Crippen molar-refractivity contribution in [2.45, 2.75) is 0 Å². The Balaban J connectivity index is 1.79. The summed E-state index contributed by atoms with van der Waals surface area (Å²) in [5, 5.41) is 8.88. The van der Waals surface area contributed by atoms with E-state index >= 15 is 0 Å². The highest BCUT2D eigenvalue weighted by Gasteiger charge is 2.14. The molecule has 0 spiro atoms. The number of rotatable bonds is 3. The van der Waals surface area contributed by atoms with E-state index < -0.39 is 11.7 Å². The fourth-order valence-corrected chi connectivity index (χ4v) is 3.52. The number of hydrogen-bond acceptors (Lipinski definition) is 4. The lowest BCUT2D eigenvalue weighted by Gasteiger charge is -2.04. The van der Waals surface area contributed by atoms with E-state index in [2.05, 4.69) is 26.2 Å². The third-order valence-electron chi connectivity index (χ3n) is 2.68. The number of halogens is 2. The number of carbonyl (C=O) groups excluding carboxylic acids is 1. The quantitative estimate of drug-likeness (QED) is 0.690. The van der Waals surface area contributed by atoms with Crippen molar-refractivity contribution in [3.63, 3.8) is 0 Å². The Labute approximate surface area is 136 Å². The molecule has 1 N–H and O–H groups in total. The summed E-state index contributed by atoms with van der Waals surface area (Å²) in [6.07, 6.45) is 0. The largest absolute Gasteiger partial charge is 0.318 e. The second kappa shape index (κ2) is 6.05. The highest BCUT2D eigenvalue weighted by atomic mass is 79.9. The van der Waals surface area contributed by atoms with Crippen LogP contribution in [-0.4, -0.2) is 10.9 Å². The van der Waals surface area contributed by atoms with Gasteiger partial charge in [-0.15, -0.1) is 11.3 Å². The van der Waals surface area contributed by atoms with Gasteiger partial charge in [-0.3, -0.25) is 4.79 Å². The molecule has 0 unspecified atom stereocenters. The van der Waals surface area contributed by atoms with Crippen molar-refractivity contribution < 1.29 is 9.18 Å². The zero-order valence-electron chi connectivity index (χ0n) is 10.5. The highest BCUT2D eigenvalue weighted by molar-refractivity contribution is 9.10. The standard InChI is InChI=1S/C14H8BrFN2OS2/c15-9-1-2-11(10(16)5-9)17-13(19)12-7-21-14(18-12)8-3-4-20-6-8/h1-7H,(H,17,19). The van der Waals surface area contributed by atoms with Gasteiger partial charge in [-0.25, -0.2) is 9.37 Å². The van der Waals surface area contributed by atoms with Crippen LogP contribution in [0.5, 0.6) is 0 Å². The molecule has 0 radical (unpaired) electrons. The first-order valence-electron chi connectivity index (χ1n) is 5.88. The molecule has 0 aliphatic heterocycles. The molecular weight excluding hydrogens is 375 g/mol. The van der Waals surface area contributed by atoms with E-state index in [9.17, 15) is 9.18 Å². The number of thiophene rings is 1. The molecule has 2 heterocycles. The number of aromatic nitrogens is 1. The monoisotopic (exact) mass is 382 g/mol. The molecule has 21 heavy (non-hydrogen) atoms. The third-order valence-corrected chi connectivity index (χ3v) is 4.75. The van der Waals surface area contributed by atoms with Crippen LogP contribution in [0, 0.1) is 5.82 Å². The molecule has 0 aliphatic rings. The molecule has 0 saturated heterocycles. The van der Waals surface area contributed by atoms with E-state index in [1.54, 1.807) is 22.8 Å². The van der Waals surface area contributed by atoms with Crippen LogP contribution in [0.15, 0.2) is 44.9 Å². The second-order valence-corrected chi connectivity index (χ2v) is 6.68. The Morgan fingerprint density at radius 1 is 1.29 bits per heavy atom. The summed E-state index contributed by atoms with van der Waals surface area (Å²) in [5.41, 5.74) is 1.40. The lowest BCUT2D eigenvalue weighted by atomic mass is 10.3. The first-order valence-corrected chi connectivity index (χ1v) is 8.49. The van der Waals surface area contributed by atoms with Gasteiger partial charge >= 0.3 is 0 Å². The normalized spacial score (nSPS) is 10.6. The summed E-state index contributed by atoms with van der Waals surface area (Å²) in [7, 11) is 0. The van der Waals surface area contributed by atoms with E-state index in [1.165, 1.54) is 23.5 Å². The van der Waals surface area contributed by atoms with Crippen molar-refractivity contribution in [1.82, 2.24) is 4.98 Å². The number of hydrogen-bond donors (Lipinski definition) is 1. The topological polar surface area (TPSA) is 42.0 Å². The van der Waals surface area contributed by atoms with Gasteiger partial charge in [0.05, 0.1) is 5.69 Å². The van der Waals surface area contributed by atoms with Crippen LogP contribution in [0.2, 0.25) is 0 Å². The van der Waals surface area contributed by atoms with E-state index in [0.29, 0.717) is 4.47 Å². The first kappa shape index (κ1) is 14.4. The minimum atomic E-state index is -0.494. The Hall–Kier alpha value is -1.57. The highest BCUT2D eigenvalue weighted by Crippen LogP contribution is 2.26. The van der Waals surface area contributed by atoms with Gasteiger partial charge in [0.15, 0.2) is 0 Å². The Morgan fingerprint density at radius 3 is 2.86 bits per heavy atom. The summed E-state index contributed by atoms with van der Waals surface area (Å²) in [4.78, 5) is 16.4. The van der Waals surface area contributed by atoms with Crippen LogP contribution >= 0.6 is 38.6 Å². The Kier molecular flexibility index (Phi) is 4.14. The molecule has 7 heteroatoms. The summed E-state index contributed by atoms with van der Waals surface area (Å²) < 4.78 is 14.3. The maximum atomic E-state index is 13.7. The van der Waals surface area contributed by atoms with E-state index in [1.807, 2.05) is 16.8 Å². The van der Waals surface area contributed by atoms with Crippen molar-refractivity contribution in [3.05, 3.63) is 56.4 Å². The molecule has 2 aromatic heterocycles. The van der Waals surface area contributed by atoms with Crippen molar-refractivity contribution in [2.24, 2.45) is 0 Å². The number of thiazole rings is 1. The van der Waals surface area contributed by atoms with Crippen molar-refractivity contribution in [1.29, 1.82) is 0 Å². The molecule has 3 aromatic rings. The van der Waals surface area contributed by atoms with Crippen LogP contribution in [0.1, 0.15) is 10.5 Å². The van der Waals surface area contributed by atoms with Gasteiger partial charge in [-0.1, -0.05) is 15.9 Å². The van der Waals surface area contributed by atoms with Crippen LogP contribution in [-0.2, 0) is 0 Å². The van der Waals surface area contributed by atoms with Crippen molar-refractivity contribution in [3.8, 4) is 10.6 Å². The molecule has 3 rings (SSSR count). The molecule has 1 amide bonds. The zero-order chi connectivity index (χ0) is 14.8. The van der Waals surface area contributed by atoms with E-state index in [4.69, 9.17) is 0 Å². The maximum absolute atomic E-state index is 13.7. The van der Waals surface area contributed by atoms with Crippen LogP contribution in [0.3, 0.4) is 0 Å². The number of nitrogens with one attached hydrogen (secondary N) is 1. The lowest BCUT2D eigenvalue weighted by Crippen LogP contribution is -2.13. The van der Waals surface area contributed by atoms with Gasteiger partial charge in [-0.2, -0.15) is 11.3 Å². The summed E-state index contributed by atoms with van der Waals surface area (Å²) in [6.45, 7) is 0. The minimum Gasteiger partial charge on any atom is -0.318 e. The van der Waals surface area contributed by atoms with Crippen LogP contribution in [0.25, 0.3) is 10.6 Å². The SMILES string of the molecule is O=C(Nc1ccc(Br)cc1F)c1csc(-c2ccsc2)n1. The van der Waals surface area contributed by atoms with Gasteiger partial charge in [0.25, 0.3) is 5.91 Å². The zero-order valence-corrected chi connectivity index (χ0v) is 13.7. The molecule has 3 nitrogen and oxygen atoms in total. The van der Waals surface area contributed by atoms with E-state index in [-0.39, 0.29) is 11.4 Å². The maximum Gasteiger partial charge on any atom is 0.275 e. The first-order chi connectivity index (χ1) is 10.1. The molecular formula is C14H8BrFN2OS2. The molecule has 0 aliphatic carbocycles. The van der Waals surface area contributed by atoms with E-state index in [0.717, 1.165) is 10.6 Å². The molecule has 0 saturated carbocycles. The smallest absolute Gasteiger partial charge is 0.275 e. The molecule has 0 fully saturated rings. The Morgan fingerprint density at radius 2 is 2.14 bits per heavy atom. The van der Waals surface area contributed by atoms with Crippen molar-refractivity contribution in [2.75, 3.05) is 5.32 Å². The fraction of sp³-hybridized carbons (Fsp3) is 0. The lowest BCUT2D eigenvalue weighted by molar-refractivity contribution is 0.102. The minimum absolute atomic E-state index is 0.133. The predicted octanol–water partition coefficient (Wildman–Crippen LogP) is 5.03. The molecule has 0 atom stereocenters. The molecule has 106 valence electrons. The molecule has 0 bridgehead atoms. The number of benzene rings is 1.